The van der Waals surface area contributed by atoms with Crippen molar-refractivity contribution < 1.29 is 27.2 Å². The number of halogens is 4. The highest BCUT2D eigenvalue weighted by molar-refractivity contribution is 5.79. The van der Waals surface area contributed by atoms with Gasteiger partial charge in [0.2, 0.25) is 11.8 Å². The minimum absolute atomic E-state index is 0.107. The lowest BCUT2D eigenvalue weighted by Crippen LogP contribution is -2.43. The third kappa shape index (κ3) is 5.42. The van der Waals surface area contributed by atoms with E-state index < -0.39 is 23.5 Å². The lowest BCUT2D eigenvalue weighted by Gasteiger charge is -2.30. The number of carbonyl (C=O) groups excluding carboxylic acids is 2. The van der Waals surface area contributed by atoms with Crippen LogP contribution in [0.5, 0.6) is 0 Å². The molecule has 0 atom stereocenters. The van der Waals surface area contributed by atoms with Crippen molar-refractivity contribution in [3.8, 4) is 0 Å². The zero-order valence-corrected chi connectivity index (χ0v) is 13.4. The lowest BCUT2D eigenvalue weighted by atomic mass is 9.95. The number of piperidine rings is 1. The SMILES string of the molecule is NC(=O)CN1CCC(C(=O)NCc2ccc(F)c(C(F)(F)F)c2)CC1. The molecule has 0 spiro atoms. The Labute approximate surface area is 142 Å². The van der Waals surface area contributed by atoms with Gasteiger partial charge in [0, 0.05) is 12.5 Å². The normalized spacial score (nSPS) is 16.6. The van der Waals surface area contributed by atoms with Crippen molar-refractivity contribution in [2.75, 3.05) is 19.6 Å². The molecule has 0 aromatic heterocycles. The standard InChI is InChI=1S/C16H19F4N3O2/c17-13-2-1-10(7-12(13)16(18,19)20)8-22-15(25)11-3-5-23(6-4-11)9-14(21)24/h1-2,7,11H,3-6,8-9H2,(H2,21,24)(H,22,25). The first-order valence-corrected chi connectivity index (χ1v) is 7.81. The number of hydrogen-bond donors (Lipinski definition) is 2. The number of alkyl halides is 3. The van der Waals surface area contributed by atoms with Gasteiger partial charge in [0.05, 0.1) is 12.1 Å². The van der Waals surface area contributed by atoms with Gasteiger partial charge in [-0.05, 0) is 43.6 Å². The van der Waals surface area contributed by atoms with E-state index in [0.29, 0.717) is 32.0 Å². The van der Waals surface area contributed by atoms with Gasteiger partial charge in [0.1, 0.15) is 5.82 Å². The molecule has 9 heteroatoms. The molecular formula is C16H19F4N3O2. The third-order valence-electron chi connectivity index (χ3n) is 4.14. The summed E-state index contributed by atoms with van der Waals surface area (Å²) < 4.78 is 51.3. The van der Waals surface area contributed by atoms with Crippen molar-refractivity contribution in [3.05, 3.63) is 35.1 Å². The lowest BCUT2D eigenvalue weighted by molar-refractivity contribution is -0.140. The zero-order valence-electron chi connectivity index (χ0n) is 13.4. The molecule has 0 unspecified atom stereocenters. The Bertz CT molecular complexity index is 641. The van der Waals surface area contributed by atoms with E-state index in [9.17, 15) is 27.2 Å². The maximum absolute atomic E-state index is 13.2. The van der Waals surface area contributed by atoms with Crippen LogP contribution >= 0.6 is 0 Å². The molecule has 2 rings (SSSR count). The summed E-state index contributed by atoms with van der Waals surface area (Å²) in [5.74, 6) is -2.31. The molecule has 1 aromatic carbocycles. The van der Waals surface area contributed by atoms with Crippen LogP contribution in [-0.2, 0) is 22.3 Å². The maximum Gasteiger partial charge on any atom is 0.419 e. The topological polar surface area (TPSA) is 75.4 Å². The summed E-state index contributed by atoms with van der Waals surface area (Å²) >= 11 is 0. The molecule has 1 aromatic rings. The molecule has 0 aliphatic carbocycles. The van der Waals surface area contributed by atoms with Crippen LogP contribution in [0.2, 0.25) is 0 Å². The molecule has 25 heavy (non-hydrogen) atoms. The van der Waals surface area contributed by atoms with Gasteiger partial charge in [-0.3, -0.25) is 14.5 Å². The summed E-state index contributed by atoms with van der Waals surface area (Å²) in [4.78, 5) is 24.8. The zero-order chi connectivity index (χ0) is 18.6. The predicted octanol–water partition coefficient (Wildman–Crippen LogP) is 1.66. The second kappa shape index (κ2) is 7.81. The van der Waals surface area contributed by atoms with Gasteiger partial charge in [-0.1, -0.05) is 6.07 Å². The molecule has 3 N–H and O–H groups in total. The van der Waals surface area contributed by atoms with E-state index in [2.05, 4.69) is 5.32 Å². The largest absolute Gasteiger partial charge is 0.419 e. The molecule has 138 valence electrons. The highest BCUT2D eigenvalue weighted by Gasteiger charge is 2.34. The molecule has 1 fully saturated rings. The Hall–Kier alpha value is -2.16. The first-order chi connectivity index (χ1) is 11.7. The number of nitrogens with zero attached hydrogens (tertiary/aromatic N) is 1. The van der Waals surface area contributed by atoms with E-state index in [-0.39, 0.29) is 30.5 Å². The number of likely N-dealkylation sites (tertiary alicyclic amines) is 1. The van der Waals surface area contributed by atoms with E-state index in [0.717, 1.165) is 6.07 Å². The van der Waals surface area contributed by atoms with Gasteiger partial charge in [-0.15, -0.1) is 0 Å². The van der Waals surface area contributed by atoms with Crippen molar-refractivity contribution in [2.45, 2.75) is 25.6 Å². The second-order valence-corrected chi connectivity index (χ2v) is 6.05. The molecule has 2 amide bonds. The first kappa shape index (κ1) is 19.2. The average Bonchev–Trinajstić information content (AvgIpc) is 2.53. The number of primary amides is 1. The fraction of sp³-hybridized carbons (Fsp3) is 0.500. The van der Waals surface area contributed by atoms with E-state index in [4.69, 9.17) is 5.73 Å². The van der Waals surface area contributed by atoms with E-state index in [1.165, 1.54) is 6.07 Å². The maximum atomic E-state index is 13.2. The minimum atomic E-state index is -4.78. The highest BCUT2D eigenvalue weighted by Crippen LogP contribution is 2.31. The fourth-order valence-corrected chi connectivity index (χ4v) is 2.81. The van der Waals surface area contributed by atoms with Gasteiger partial charge in [-0.2, -0.15) is 13.2 Å². The smallest absolute Gasteiger partial charge is 0.369 e. The van der Waals surface area contributed by atoms with Gasteiger partial charge in [-0.25, -0.2) is 4.39 Å². The molecule has 0 radical (unpaired) electrons. The number of nitrogens with two attached hydrogens (primary N) is 1. The Morgan fingerprint density at radius 1 is 1.24 bits per heavy atom. The highest BCUT2D eigenvalue weighted by atomic mass is 19.4. The summed E-state index contributed by atoms with van der Waals surface area (Å²) in [6.07, 6.45) is -3.70. The third-order valence-corrected chi connectivity index (χ3v) is 4.14. The number of benzene rings is 1. The summed E-state index contributed by atoms with van der Waals surface area (Å²) in [6, 6.07) is 2.65. The Morgan fingerprint density at radius 3 is 2.44 bits per heavy atom. The first-order valence-electron chi connectivity index (χ1n) is 7.81. The van der Waals surface area contributed by atoms with Crippen molar-refractivity contribution in [1.82, 2.24) is 10.2 Å². The van der Waals surface area contributed by atoms with Crippen molar-refractivity contribution in [1.29, 1.82) is 0 Å². The average molecular weight is 361 g/mol. The molecule has 1 heterocycles. The molecule has 1 aliphatic heterocycles. The number of hydrogen-bond acceptors (Lipinski definition) is 3. The Kier molecular flexibility index (Phi) is 5.99. The molecule has 0 bridgehead atoms. The van der Waals surface area contributed by atoms with Crippen LogP contribution in [-0.4, -0.2) is 36.3 Å². The summed E-state index contributed by atoms with van der Waals surface area (Å²) in [5, 5.41) is 2.58. The number of nitrogens with one attached hydrogen (secondary N) is 1. The van der Waals surface area contributed by atoms with Gasteiger partial charge in [0.15, 0.2) is 0 Å². The number of carbonyl (C=O) groups is 2. The van der Waals surface area contributed by atoms with Crippen molar-refractivity contribution in [3.63, 3.8) is 0 Å². The van der Waals surface area contributed by atoms with Crippen LogP contribution in [0, 0.1) is 11.7 Å². The summed E-state index contributed by atoms with van der Waals surface area (Å²) in [7, 11) is 0. The van der Waals surface area contributed by atoms with Gasteiger partial charge >= 0.3 is 6.18 Å². The van der Waals surface area contributed by atoms with E-state index in [1.807, 2.05) is 4.90 Å². The minimum Gasteiger partial charge on any atom is -0.369 e. The fourth-order valence-electron chi connectivity index (χ4n) is 2.81. The van der Waals surface area contributed by atoms with E-state index >= 15 is 0 Å². The molecule has 5 nitrogen and oxygen atoms in total. The van der Waals surface area contributed by atoms with E-state index in [1.54, 1.807) is 0 Å². The monoisotopic (exact) mass is 361 g/mol. The Morgan fingerprint density at radius 2 is 1.88 bits per heavy atom. The van der Waals surface area contributed by atoms with Crippen LogP contribution in [0.4, 0.5) is 17.6 Å². The van der Waals surface area contributed by atoms with Crippen LogP contribution in [0.3, 0.4) is 0 Å². The molecular weight excluding hydrogens is 342 g/mol. The van der Waals surface area contributed by atoms with Crippen molar-refractivity contribution >= 4 is 11.8 Å². The van der Waals surface area contributed by atoms with Gasteiger partial charge < -0.3 is 11.1 Å². The van der Waals surface area contributed by atoms with Gasteiger partial charge in [0.25, 0.3) is 0 Å². The van der Waals surface area contributed by atoms with Crippen LogP contribution in [0.15, 0.2) is 18.2 Å². The van der Waals surface area contributed by atoms with Crippen molar-refractivity contribution in [2.24, 2.45) is 11.7 Å². The molecule has 1 saturated heterocycles. The summed E-state index contributed by atoms with van der Waals surface area (Å²) in [6.45, 7) is 1.14. The van der Waals surface area contributed by atoms with Crippen LogP contribution in [0.1, 0.15) is 24.0 Å². The number of rotatable bonds is 5. The predicted molar refractivity (Wildman–Crippen MR) is 81.6 cm³/mol. The van der Waals surface area contributed by atoms with Crippen LogP contribution in [0.25, 0.3) is 0 Å². The number of amides is 2. The second-order valence-electron chi connectivity index (χ2n) is 6.05. The van der Waals surface area contributed by atoms with Crippen LogP contribution < -0.4 is 11.1 Å². The summed E-state index contributed by atoms with van der Waals surface area (Å²) in [5.41, 5.74) is 3.94. The quantitative estimate of drug-likeness (QED) is 0.784. The Balaban J connectivity index is 1.88. The molecule has 1 aliphatic rings. The molecule has 0 saturated carbocycles.